The van der Waals surface area contributed by atoms with Gasteiger partial charge in [-0.1, -0.05) is 6.07 Å². The Morgan fingerprint density at radius 1 is 1.29 bits per heavy atom. The molecule has 0 aliphatic rings. The highest BCUT2D eigenvalue weighted by Crippen LogP contribution is 2.24. The summed E-state index contributed by atoms with van der Waals surface area (Å²) in [5, 5.41) is 2.84. The van der Waals surface area contributed by atoms with Gasteiger partial charge >= 0.3 is 0 Å². The average Bonchev–Trinajstić information content (AvgIpc) is 2.51. The Balaban J connectivity index is 2.52. The first kappa shape index (κ1) is 9.34. The Bertz CT molecular complexity index is 462. The Morgan fingerprint density at radius 2 is 2.07 bits per heavy atom. The summed E-state index contributed by atoms with van der Waals surface area (Å²) in [5.41, 5.74) is 2.24. The van der Waals surface area contributed by atoms with E-state index in [-0.39, 0.29) is 5.82 Å². The largest absolute Gasteiger partial charge is 0.241 e. The Kier molecular flexibility index (Phi) is 2.33. The number of hydrogen-bond donors (Lipinski definition) is 0. The number of aryl methyl sites for hydroxylation is 2. The molecule has 72 valence electrons. The van der Waals surface area contributed by atoms with Gasteiger partial charge in [0.2, 0.25) is 0 Å². The van der Waals surface area contributed by atoms with E-state index in [2.05, 4.69) is 4.98 Å². The third-order valence-corrected chi connectivity index (χ3v) is 2.79. The normalized spacial score (nSPS) is 10.5. The molecule has 0 spiro atoms. The van der Waals surface area contributed by atoms with Crippen molar-refractivity contribution in [3.63, 3.8) is 0 Å². The van der Waals surface area contributed by atoms with E-state index in [1.165, 1.54) is 17.4 Å². The minimum Gasteiger partial charge on any atom is -0.241 e. The van der Waals surface area contributed by atoms with Crippen LogP contribution in [0, 0.1) is 19.7 Å². The standard InChI is InChI=1S/C11H10FNS/c1-7-3-4-9(10(12)5-7)11-6-14-8(2)13-11/h3-6H,1-2H3. The Morgan fingerprint density at radius 3 is 2.64 bits per heavy atom. The van der Waals surface area contributed by atoms with Gasteiger partial charge in [-0.15, -0.1) is 11.3 Å². The molecule has 0 amide bonds. The maximum Gasteiger partial charge on any atom is 0.132 e. The molecule has 0 atom stereocenters. The van der Waals surface area contributed by atoms with Gasteiger partial charge in [0.05, 0.1) is 10.7 Å². The molecule has 2 aromatic rings. The molecule has 1 aromatic heterocycles. The highest BCUT2D eigenvalue weighted by molar-refractivity contribution is 7.09. The molecular formula is C11H10FNS. The predicted octanol–water partition coefficient (Wildman–Crippen LogP) is 3.57. The zero-order chi connectivity index (χ0) is 10.1. The fraction of sp³-hybridized carbons (Fsp3) is 0.182. The summed E-state index contributed by atoms with van der Waals surface area (Å²) < 4.78 is 13.5. The lowest BCUT2D eigenvalue weighted by Crippen LogP contribution is -1.85. The van der Waals surface area contributed by atoms with E-state index in [0.717, 1.165) is 16.3 Å². The van der Waals surface area contributed by atoms with E-state index in [1.807, 2.05) is 25.3 Å². The smallest absolute Gasteiger partial charge is 0.132 e. The van der Waals surface area contributed by atoms with E-state index in [4.69, 9.17) is 0 Å². The van der Waals surface area contributed by atoms with E-state index in [1.54, 1.807) is 6.07 Å². The number of benzene rings is 1. The van der Waals surface area contributed by atoms with Gasteiger partial charge in [-0.05, 0) is 31.5 Å². The van der Waals surface area contributed by atoms with Crippen molar-refractivity contribution in [2.24, 2.45) is 0 Å². The maximum atomic E-state index is 13.5. The quantitative estimate of drug-likeness (QED) is 0.696. The summed E-state index contributed by atoms with van der Waals surface area (Å²) >= 11 is 1.53. The number of aromatic nitrogens is 1. The first-order valence-corrected chi connectivity index (χ1v) is 5.23. The summed E-state index contributed by atoms with van der Waals surface area (Å²) in [6.07, 6.45) is 0. The van der Waals surface area contributed by atoms with E-state index >= 15 is 0 Å². The number of hydrogen-bond acceptors (Lipinski definition) is 2. The first-order chi connectivity index (χ1) is 6.66. The second kappa shape index (κ2) is 3.50. The number of nitrogens with zero attached hydrogens (tertiary/aromatic N) is 1. The van der Waals surface area contributed by atoms with Crippen LogP contribution in [0.5, 0.6) is 0 Å². The van der Waals surface area contributed by atoms with Crippen LogP contribution >= 0.6 is 11.3 Å². The third-order valence-electron chi connectivity index (χ3n) is 2.02. The van der Waals surface area contributed by atoms with Crippen molar-refractivity contribution in [1.29, 1.82) is 0 Å². The molecule has 0 bridgehead atoms. The molecule has 0 fully saturated rings. The summed E-state index contributed by atoms with van der Waals surface area (Å²) in [4.78, 5) is 4.25. The molecular weight excluding hydrogens is 197 g/mol. The minimum absolute atomic E-state index is 0.199. The Hall–Kier alpha value is -1.22. The van der Waals surface area contributed by atoms with Crippen LogP contribution in [0.1, 0.15) is 10.6 Å². The molecule has 1 heterocycles. The summed E-state index contributed by atoms with van der Waals surface area (Å²) in [6.45, 7) is 3.79. The summed E-state index contributed by atoms with van der Waals surface area (Å²) in [6, 6.07) is 5.20. The van der Waals surface area contributed by atoms with Crippen molar-refractivity contribution in [2.45, 2.75) is 13.8 Å². The van der Waals surface area contributed by atoms with Crippen molar-refractivity contribution in [1.82, 2.24) is 4.98 Å². The van der Waals surface area contributed by atoms with Crippen LogP contribution in [0.3, 0.4) is 0 Å². The van der Waals surface area contributed by atoms with Crippen LogP contribution in [-0.2, 0) is 0 Å². The van der Waals surface area contributed by atoms with Gasteiger partial charge in [0.1, 0.15) is 5.82 Å². The third kappa shape index (κ3) is 1.68. The lowest BCUT2D eigenvalue weighted by Gasteiger charge is -1.99. The highest BCUT2D eigenvalue weighted by Gasteiger charge is 2.07. The van der Waals surface area contributed by atoms with Gasteiger partial charge in [-0.25, -0.2) is 9.37 Å². The molecule has 0 aliphatic heterocycles. The molecule has 1 nitrogen and oxygen atoms in total. The van der Waals surface area contributed by atoms with Crippen LogP contribution in [0.15, 0.2) is 23.6 Å². The molecule has 0 radical (unpaired) electrons. The fourth-order valence-electron chi connectivity index (χ4n) is 1.31. The molecule has 0 saturated heterocycles. The van der Waals surface area contributed by atoms with Crippen LogP contribution < -0.4 is 0 Å². The van der Waals surface area contributed by atoms with Gasteiger partial charge in [0.15, 0.2) is 0 Å². The molecule has 0 aliphatic carbocycles. The summed E-state index contributed by atoms with van der Waals surface area (Å²) in [5.74, 6) is -0.199. The lowest BCUT2D eigenvalue weighted by molar-refractivity contribution is 0.629. The predicted molar refractivity (Wildman–Crippen MR) is 57.0 cm³/mol. The van der Waals surface area contributed by atoms with Crippen molar-refractivity contribution in [3.05, 3.63) is 40.0 Å². The Labute approximate surface area is 86.2 Å². The number of halogens is 1. The van der Waals surface area contributed by atoms with Crippen LogP contribution in [-0.4, -0.2) is 4.98 Å². The molecule has 3 heteroatoms. The first-order valence-electron chi connectivity index (χ1n) is 4.35. The molecule has 2 rings (SSSR count). The van der Waals surface area contributed by atoms with Crippen molar-refractivity contribution >= 4 is 11.3 Å². The zero-order valence-corrected chi connectivity index (χ0v) is 8.86. The van der Waals surface area contributed by atoms with Gasteiger partial charge in [-0.2, -0.15) is 0 Å². The van der Waals surface area contributed by atoms with Crippen molar-refractivity contribution in [2.75, 3.05) is 0 Å². The molecule has 0 unspecified atom stereocenters. The second-order valence-corrected chi connectivity index (χ2v) is 4.30. The zero-order valence-electron chi connectivity index (χ0n) is 8.04. The average molecular weight is 207 g/mol. The van der Waals surface area contributed by atoms with Crippen LogP contribution in [0.4, 0.5) is 4.39 Å². The minimum atomic E-state index is -0.199. The molecule has 0 saturated carbocycles. The second-order valence-electron chi connectivity index (χ2n) is 3.24. The number of rotatable bonds is 1. The van der Waals surface area contributed by atoms with E-state index < -0.39 is 0 Å². The van der Waals surface area contributed by atoms with E-state index in [0.29, 0.717) is 5.56 Å². The van der Waals surface area contributed by atoms with Crippen LogP contribution in [0.25, 0.3) is 11.3 Å². The topological polar surface area (TPSA) is 12.9 Å². The summed E-state index contributed by atoms with van der Waals surface area (Å²) in [7, 11) is 0. The lowest BCUT2D eigenvalue weighted by atomic mass is 10.1. The van der Waals surface area contributed by atoms with Gasteiger partial charge in [0.25, 0.3) is 0 Å². The van der Waals surface area contributed by atoms with E-state index in [9.17, 15) is 4.39 Å². The molecule has 0 N–H and O–H groups in total. The monoisotopic (exact) mass is 207 g/mol. The number of thiazole rings is 1. The van der Waals surface area contributed by atoms with Crippen LogP contribution in [0.2, 0.25) is 0 Å². The van der Waals surface area contributed by atoms with Crippen molar-refractivity contribution < 1.29 is 4.39 Å². The fourth-order valence-corrected chi connectivity index (χ4v) is 1.93. The molecule has 14 heavy (non-hydrogen) atoms. The highest BCUT2D eigenvalue weighted by atomic mass is 32.1. The SMILES string of the molecule is Cc1ccc(-c2csc(C)n2)c(F)c1. The van der Waals surface area contributed by atoms with Crippen molar-refractivity contribution in [3.8, 4) is 11.3 Å². The molecule has 1 aromatic carbocycles. The van der Waals surface area contributed by atoms with Gasteiger partial charge < -0.3 is 0 Å². The van der Waals surface area contributed by atoms with Gasteiger partial charge in [0, 0.05) is 10.9 Å². The maximum absolute atomic E-state index is 13.5. The van der Waals surface area contributed by atoms with Gasteiger partial charge in [-0.3, -0.25) is 0 Å².